The Bertz CT molecular complexity index is 1420. The van der Waals surface area contributed by atoms with Crippen LogP contribution in [0.1, 0.15) is 41.6 Å². The highest BCUT2D eigenvalue weighted by Gasteiger charge is 2.28. The smallest absolute Gasteiger partial charge is 0.251 e. The van der Waals surface area contributed by atoms with Gasteiger partial charge in [-0.05, 0) is 57.2 Å². The van der Waals surface area contributed by atoms with E-state index in [1.807, 2.05) is 92.1 Å². The minimum atomic E-state index is -0.344. The number of aryl methyl sites for hydroxylation is 1. The minimum absolute atomic E-state index is 0.0294. The van der Waals surface area contributed by atoms with Gasteiger partial charge in [0.15, 0.2) is 11.0 Å². The molecule has 1 aliphatic heterocycles. The van der Waals surface area contributed by atoms with Gasteiger partial charge in [0.1, 0.15) is 0 Å². The zero-order chi connectivity index (χ0) is 25.9. The number of carbonyl (C=O) groups is 2. The molecule has 1 N–H and O–H groups in total. The zero-order valence-corrected chi connectivity index (χ0v) is 22.5. The number of carbonyl (C=O) groups excluding carboxylic acids is 2. The molecule has 7 nitrogen and oxygen atoms in total. The van der Waals surface area contributed by atoms with Gasteiger partial charge in [0, 0.05) is 21.9 Å². The van der Waals surface area contributed by atoms with Crippen LogP contribution in [0, 0.1) is 6.92 Å². The van der Waals surface area contributed by atoms with Crippen molar-refractivity contribution >= 4 is 46.7 Å². The molecule has 0 fully saturated rings. The molecule has 1 unspecified atom stereocenters. The molecule has 9 heteroatoms. The van der Waals surface area contributed by atoms with E-state index in [9.17, 15) is 9.59 Å². The van der Waals surface area contributed by atoms with Gasteiger partial charge < -0.3 is 9.88 Å². The van der Waals surface area contributed by atoms with Crippen LogP contribution in [0.5, 0.6) is 0 Å². The number of fused-ring (bicyclic) bond motifs is 2. The highest BCUT2D eigenvalue weighted by molar-refractivity contribution is 8.00. The quantitative estimate of drug-likeness (QED) is 0.295. The summed E-state index contributed by atoms with van der Waals surface area (Å²) in [5, 5.41) is 12.4. The molecule has 4 aromatic rings. The van der Waals surface area contributed by atoms with Gasteiger partial charge in [0.05, 0.1) is 23.2 Å². The molecule has 0 saturated heterocycles. The van der Waals surface area contributed by atoms with Crippen LogP contribution in [0.15, 0.2) is 87.7 Å². The summed E-state index contributed by atoms with van der Waals surface area (Å²) in [5.41, 5.74) is 3.41. The normalized spacial score (nSPS) is 13.0. The molecule has 1 aliphatic rings. The molecule has 0 radical (unpaired) electrons. The number of rotatable bonds is 7. The van der Waals surface area contributed by atoms with Crippen molar-refractivity contribution in [3.05, 3.63) is 89.7 Å². The SMILES string of the molecule is CCn1c(SCC(=O)N2c3ccccc3Sc3ccccc32)nnc1C(C)NC(=O)c1cccc(C)c1. The van der Waals surface area contributed by atoms with E-state index in [-0.39, 0.29) is 23.6 Å². The molecule has 0 saturated carbocycles. The summed E-state index contributed by atoms with van der Waals surface area (Å²) in [6.07, 6.45) is 0. The second kappa shape index (κ2) is 10.8. The van der Waals surface area contributed by atoms with E-state index in [4.69, 9.17) is 0 Å². The van der Waals surface area contributed by atoms with Gasteiger partial charge in [-0.25, -0.2) is 0 Å². The minimum Gasteiger partial charge on any atom is -0.342 e. The first-order chi connectivity index (χ1) is 18.0. The first kappa shape index (κ1) is 25.1. The highest BCUT2D eigenvalue weighted by atomic mass is 32.2. The van der Waals surface area contributed by atoms with E-state index in [0.717, 1.165) is 26.7 Å². The summed E-state index contributed by atoms with van der Waals surface area (Å²) in [5.74, 6) is 0.670. The Morgan fingerprint density at radius 1 is 0.973 bits per heavy atom. The van der Waals surface area contributed by atoms with Crippen molar-refractivity contribution in [3.63, 3.8) is 0 Å². The fraction of sp³-hybridized carbons (Fsp3) is 0.214. The maximum Gasteiger partial charge on any atom is 0.251 e. The second-order valence-corrected chi connectivity index (χ2v) is 10.7. The van der Waals surface area contributed by atoms with Crippen molar-refractivity contribution in [1.82, 2.24) is 20.1 Å². The van der Waals surface area contributed by atoms with Crippen molar-refractivity contribution in [2.75, 3.05) is 10.7 Å². The summed E-state index contributed by atoms with van der Waals surface area (Å²) in [4.78, 5) is 30.2. The third-order valence-corrected chi connectivity index (χ3v) is 8.17. The molecule has 0 spiro atoms. The van der Waals surface area contributed by atoms with Crippen molar-refractivity contribution < 1.29 is 9.59 Å². The molecule has 5 rings (SSSR count). The van der Waals surface area contributed by atoms with Crippen molar-refractivity contribution in [2.24, 2.45) is 0 Å². The lowest BCUT2D eigenvalue weighted by Crippen LogP contribution is -2.30. The van der Waals surface area contributed by atoms with Gasteiger partial charge >= 0.3 is 0 Å². The van der Waals surface area contributed by atoms with Gasteiger partial charge in [-0.1, -0.05) is 65.5 Å². The number of hydrogen-bond acceptors (Lipinski definition) is 6. The monoisotopic (exact) mass is 529 g/mol. The van der Waals surface area contributed by atoms with Crippen LogP contribution in [0.4, 0.5) is 11.4 Å². The average molecular weight is 530 g/mol. The summed E-state index contributed by atoms with van der Waals surface area (Å²) in [6.45, 7) is 6.47. The molecule has 0 aliphatic carbocycles. The molecule has 3 aromatic carbocycles. The molecule has 37 heavy (non-hydrogen) atoms. The van der Waals surface area contributed by atoms with Crippen molar-refractivity contribution in [2.45, 2.75) is 48.3 Å². The summed E-state index contributed by atoms with van der Waals surface area (Å²) in [6, 6.07) is 23.0. The number of hydrogen-bond donors (Lipinski definition) is 1. The predicted octanol–water partition coefficient (Wildman–Crippen LogP) is 6.02. The van der Waals surface area contributed by atoms with Gasteiger partial charge in [-0.3, -0.25) is 14.5 Å². The Hall–Kier alpha value is -3.56. The number of nitrogens with one attached hydrogen (secondary N) is 1. The van der Waals surface area contributed by atoms with Crippen molar-refractivity contribution in [1.29, 1.82) is 0 Å². The molecule has 1 atom stereocenters. The number of nitrogens with zero attached hydrogens (tertiary/aromatic N) is 4. The van der Waals surface area contributed by atoms with Crippen LogP contribution in [0.3, 0.4) is 0 Å². The number of amides is 2. The Morgan fingerprint density at radius 2 is 1.65 bits per heavy atom. The van der Waals surface area contributed by atoms with Crippen LogP contribution in [-0.4, -0.2) is 32.3 Å². The molecular weight excluding hydrogens is 502 g/mol. The first-order valence-electron chi connectivity index (χ1n) is 12.1. The standard InChI is InChI=1S/C28H27N5O2S2/c1-4-32-26(19(3)29-27(35)20-11-9-10-18(2)16-20)30-31-28(32)36-17-25(34)33-21-12-5-7-14-23(21)37-24-15-8-6-13-22(24)33/h5-16,19H,4,17H2,1-3H3,(H,29,35). The van der Waals surface area contributed by atoms with Gasteiger partial charge in [-0.2, -0.15) is 0 Å². The summed E-state index contributed by atoms with van der Waals surface area (Å²) in [7, 11) is 0. The number of thioether (sulfide) groups is 1. The van der Waals surface area contributed by atoms with E-state index in [2.05, 4.69) is 15.5 Å². The Labute approximate surface area is 224 Å². The number of anilines is 2. The maximum absolute atomic E-state index is 13.5. The van der Waals surface area contributed by atoms with Gasteiger partial charge in [0.2, 0.25) is 5.91 Å². The first-order valence-corrected chi connectivity index (χ1v) is 13.9. The number of aromatic nitrogens is 3. The molecule has 1 aromatic heterocycles. The third kappa shape index (κ3) is 5.14. The zero-order valence-electron chi connectivity index (χ0n) is 20.8. The Kier molecular flexibility index (Phi) is 7.34. The fourth-order valence-electron chi connectivity index (χ4n) is 4.32. The topological polar surface area (TPSA) is 80.1 Å². The van der Waals surface area contributed by atoms with E-state index >= 15 is 0 Å². The maximum atomic E-state index is 13.5. The van der Waals surface area contributed by atoms with E-state index < -0.39 is 0 Å². The van der Waals surface area contributed by atoms with E-state index in [1.165, 1.54) is 11.8 Å². The molecular formula is C28H27N5O2S2. The molecule has 188 valence electrons. The van der Waals surface area contributed by atoms with E-state index in [0.29, 0.717) is 23.1 Å². The number of benzene rings is 3. The Morgan fingerprint density at radius 3 is 2.30 bits per heavy atom. The summed E-state index contributed by atoms with van der Waals surface area (Å²) >= 11 is 3.03. The van der Waals surface area contributed by atoms with E-state index in [1.54, 1.807) is 22.7 Å². The van der Waals surface area contributed by atoms with Crippen LogP contribution in [0.2, 0.25) is 0 Å². The van der Waals surface area contributed by atoms with Crippen molar-refractivity contribution in [3.8, 4) is 0 Å². The lowest BCUT2D eigenvalue weighted by atomic mass is 10.1. The van der Waals surface area contributed by atoms with Gasteiger partial charge in [0.25, 0.3) is 5.91 Å². The number of para-hydroxylation sites is 2. The van der Waals surface area contributed by atoms with Crippen LogP contribution >= 0.6 is 23.5 Å². The third-order valence-electron chi connectivity index (χ3n) is 6.08. The van der Waals surface area contributed by atoms with Crippen LogP contribution < -0.4 is 10.2 Å². The predicted molar refractivity (Wildman–Crippen MR) is 148 cm³/mol. The molecule has 2 heterocycles. The summed E-state index contributed by atoms with van der Waals surface area (Å²) < 4.78 is 1.95. The molecule has 2 amide bonds. The second-order valence-electron chi connectivity index (χ2n) is 8.70. The molecule has 0 bridgehead atoms. The van der Waals surface area contributed by atoms with Crippen LogP contribution in [0.25, 0.3) is 0 Å². The fourth-order valence-corrected chi connectivity index (χ4v) is 6.24. The largest absolute Gasteiger partial charge is 0.342 e. The average Bonchev–Trinajstić information content (AvgIpc) is 3.33. The lowest BCUT2D eigenvalue weighted by molar-refractivity contribution is -0.115. The van der Waals surface area contributed by atoms with Crippen LogP contribution in [-0.2, 0) is 11.3 Å². The highest BCUT2D eigenvalue weighted by Crippen LogP contribution is 2.48. The van der Waals surface area contributed by atoms with Gasteiger partial charge in [-0.15, -0.1) is 10.2 Å². The Balaban J connectivity index is 1.32. The lowest BCUT2D eigenvalue weighted by Gasteiger charge is -2.30.